The van der Waals surface area contributed by atoms with Crippen molar-refractivity contribution in [2.75, 3.05) is 19.6 Å². The zero-order chi connectivity index (χ0) is 13.0. The molecule has 2 rings (SSSR count). The summed E-state index contributed by atoms with van der Waals surface area (Å²) in [6.07, 6.45) is 3.65. The smallest absolute Gasteiger partial charge is 0.0637 e. The molecule has 0 saturated carbocycles. The lowest BCUT2D eigenvalue weighted by Gasteiger charge is -2.32. The van der Waals surface area contributed by atoms with Gasteiger partial charge in [-0.1, -0.05) is 35.3 Å². The van der Waals surface area contributed by atoms with Gasteiger partial charge >= 0.3 is 0 Å². The molecule has 0 radical (unpaired) electrons. The van der Waals surface area contributed by atoms with Crippen molar-refractivity contribution in [2.45, 2.75) is 25.8 Å². The molecule has 0 unspecified atom stereocenters. The van der Waals surface area contributed by atoms with E-state index in [2.05, 4.69) is 11.0 Å². The van der Waals surface area contributed by atoms with Crippen LogP contribution < -0.4 is 5.73 Å². The number of benzene rings is 1. The summed E-state index contributed by atoms with van der Waals surface area (Å²) in [5.41, 5.74) is 6.73. The predicted octanol–water partition coefficient (Wildman–Crippen LogP) is 3.55. The Bertz CT molecular complexity index is 387. The van der Waals surface area contributed by atoms with Gasteiger partial charge in [-0.05, 0) is 56.4 Å². The summed E-state index contributed by atoms with van der Waals surface area (Å²) >= 11 is 12.2. The maximum atomic E-state index is 6.22. The Morgan fingerprint density at radius 3 is 2.61 bits per heavy atom. The minimum absolute atomic E-state index is 0.646. The molecule has 1 heterocycles. The molecule has 2 nitrogen and oxygen atoms in total. The van der Waals surface area contributed by atoms with Crippen LogP contribution in [0.5, 0.6) is 0 Å². The number of piperidine rings is 1. The molecule has 1 aromatic rings. The number of likely N-dealkylation sites (tertiary alicyclic amines) is 1. The third-order valence-electron chi connectivity index (χ3n) is 3.71. The second-order valence-electron chi connectivity index (χ2n) is 5.01. The zero-order valence-corrected chi connectivity index (χ0v) is 12.1. The summed E-state index contributed by atoms with van der Waals surface area (Å²) in [7, 11) is 0. The van der Waals surface area contributed by atoms with Gasteiger partial charge in [0.25, 0.3) is 0 Å². The number of nitrogens with zero attached hydrogens (tertiary/aromatic N) is 1. The molecule has 0 amide bonds. The molecule has 1 saturated heterocycles. The summed E-state index contributed by atoms with van der Waals surface area (Å²) in [5.74, 6) is 0.807. The fraction of sp³-hybridized carbons (Fsp3) is 0.571. The van der Waals surface area contributed by atoms with E-state index >= 15 is 0 Å². The average Bonchev–Trinajstić information content (AvgIpc) is 2.38. The van der Waals surface area contributed by atoms with Crippen molar-refractivity contribution in [3.8, 4) is 0 Å². The maximum absolute atomic E-state index is 6.22. The highest BCUT2D eigenvalue weighted by atomic mass is 35.5. The van der Waals surface area contributed by atoms with Crippen LogP contribution in [0.1, 0.15) is 24.8 Å². The van der Waals surface area contributed by atoms with Crippen LogP contribution in [0.4, 0.5) is 0 Å². The van der Waals surface area contributed by atoms with E-state index in [0.717, 1.165) is 44.1 Å². The van der Waals surface area contributed by atoms with Crippen LogP contribution in [0, 0.1) is 5.92 Å². The molecule has 0 spiro atoms. The molecule has 4 heteroatoms. The molecule has 100 valence electrons. The van der Waals surface area contributed by atoms with E-state index in [9.17, 15) is 0 Å². The van der Waals surface area contributed by atoms with Crippen LogP contribution in [0.15, 0.2) is 18.2 Å². The van der Waals surface area contributed by atoms with Crippen molar-refractivity contribution in [3.63, 3.8) is 0 Å². The Balaban J connectivity index is 1.90. The second kappa shape index (κ2) is 6.76. The summed E-state index contributed by atoms with van der Waals surface area (Å²) in [6, 6.07) is 5.85. The van der Waals surface area contributed by atoms with E-state index < -0.39 is 0 Å². The first-order valence-electron chi connectivity index (χ1n) is 6.56. The van der Waals surface area contributed by atoms with Crippen molar-refractivity contribution in [1.29, 1.82) is 0 Å². The van der Waals surface area contributed by atoms with Gasteiger partial charge in [0, 0.05) is 6.54 Å². The average molecular weight is 287 g/mol. The number of halogens is 2. The molecule has 1 aliphatic rings. The first-order chi connectivity index (χ1) is 8.70. The molecule has 18 heavy (non-hydrogen) atoms. The maximum Gasteiger partial charge on any atom is 0.0637 e. The molecule has 0 aromatic heterocycles. The van der Waals surface area contributed by atoms with E-state index in [1.165, 1.54) is 12.8 Å². The van der Waals surface area contributed by atoms with Gasteiger partial charge in [0.15, 0.2) is 0 Å². The van der Waals surface area contributed by atoms with E-state index in [1.54, 1.807) is 0 Å². The SMILES string of the molecule is NCCC1CCN(Cc2cccc(Cl)c2Cl)CC1. The van der Waals surface area contributed by atoms with E-state index in [4.69, 9.17) is 28.9 Å². The number of nitrogens with two attached hydrogens (primary N) is 1. The van der Waals surface area contributed by atoms with Crippen molar-refractivity contribution in [1.82, 2.24) is 4.90 Å². The van der Waals surface area contributed by atoms with Crippen molar-refractivity contribution < 1.29 is 0 Å². The van der Waals surface area contributed by atoms with Crippen molar-refractivity contribution in [3.05, 3.63) is 33.8 Å². The lowest BCUT2D eigenvalue weighted by atomic mass is 9.93. The summed E-state index contributed by atoms with van der Waals surface area (Å²) < 4.78 is 0. The molecule has 0 aliphatic carbocycles. The lowest BCUT2D eigenvalue weighted by Crippen LogP contribution is -2.33. The highest BCUT2D eigenvalue weighted by molar-refractivity contribution is 6.42. The van der Waals surface area contributed by atoms with Crippen LogP contribution >= 0.6 is 23.2 Å². The van der Waals surface area contributed by atoms with Crippen LogP contribution in [-0.4, -0.2) is 24.5 Å². The van der Waals surface area contributed by atoms with E-state index in [-0.39, 0.29) is 0 Å². The van der Waals surface area contributed by atoms with Gasteiger partial charge in [0.1, 0.15) is 0 Å². The van der Waals surface area contributed by atoms with Gasteiger partial charge in [0.2, 0.25) is 0 Å². The van der Waals surface area contributed by atoms with E-state index in [0.29, 0.717) is 10.0 Å². The van der Waals surface area contributed by atoms with Gasteiger partial charge in [-0.25, -0.2) is 0 Å². The molecular weight excluding hydrogens is 267 g/mol. The molecule has 0 atom stereocenters. The van der Waals surface area contributed by atoms with Crippen LogP contribution in [0.3, 0.4) is 0 Å². The summed E-state index contributed by atoms with van der Waals surface area (Å²) in [4.78, 5) is 2.45. The topological polar surface area (TPSA) is 29.3 Å². The Morgan fingerprint density at radius 1 is 1.22 bits per heavy atom. The third kappa shape index (κ3) is 3.61. The summed E-state index contributed by atoms with van der Waals surface area (Å²) in [5, 5.41) is 1.34. The normalized spacial score (nSPS) is 18.2. The first-order valence-corrected chi connectivity index (χ1v) is 7.31. The number of hydrogen-bond acceptors (Lipinski definition) is 2. The molecule has 0 bridgehead atoms. The van der Waals surface area contributed by atoms with Crippen molar-refractivity contribution in [2.24, 2.45) is 11.7 Å². The number of rotatable bonds is 4. The molecule has 1 aliphatic heterocycles. The third-order valence-corrected chi connectivity index (χ3v) is 4.57. The molecular formula is C14H20Cl2N2. The van der Waals surface area contributed by atoms with E-state index in [1.807, 2.05) is 12.1 Å². The summed E-state index contributed by atoms with van der Waals surface area (Å²) in [6.45, 7) is 3.97. The lowest BCUT2D eigenvalue weighted by molar-refractivity contribution is 0.173. The number of hydrogen-bond donors (Lipinski definition) is 1. The minimum Gasteiger partial charge on any atom is -0.330 e. The fourth-order valence-corrected chi connectivity index (χ4v) is 2.96. The fourth-order valence-electron chi connectivity index (χ4n) is 2.58. The second-order valence-corrected chi connectivity index (χ2v) is 5.79. The Morgan fingerprint density at radius 2 is 1.94 bits per heavy atom. The van der Waals surface area contributed by atoms with Crippen LogP contribution in [0.25, 0.3) is 0 Å². The van der Waals surface area contributed by atoms with Gasteiger partial charge in [0.05, 0.1) is 10.0 Å². The van der Waals surface area contributed by atoms with Crippen LogP contribution in [-0.2, 0) is 6.54 Å². The standard InChI is InChI=1S/C14H20Cl2N2/c15-13-3-1-2-12(14(13)16)10-18-8-5-11(4-7-17)6-9-18/h1-3,11H,4-10,17H2. The highest BCUT2D eigenvalue weighted by Gasteiger charge is 2.19. The van der Waals surface area contributed by atoms with Gasteiger partial charge in [-0.15, -0.1) is 0 Å². The quantitative estimate of drug-likeness (QED) is 0.917. The monoisotopic (exact) mass is 286 g/mol. The highest BCUT2D eigenvalue weighted by Crippen LogP contribution is 2.28. The molecule has 1 fully saturated rings. The predicted molar refractivity (Wildman–Crippen MR) is 78.1 cm³/mol. The van der Waals surface area contributed by atoms with Gasteiger partial charge < -0.3 is 5.73 Å². The zero-order valence-electron chi connectivity index (χ0n) is 10.5. The minimum atomic E-state index is 0.646. The largest absolute Gasteiger partial charge is 0.330 e. The Labute approximate surface area is 119 Å². The Kier molecular flexibility index (Phi) is 5.31. The first kappa shape index (κ1) is 14.1. The Hall–Kier alpha value is -0.280. The molecule has 1 aromatic carbocycles. The van der Waals surface area contributed by atoms with Crippen molar-refractivity contribution >= 4 is 23.2 Å². The van der Waals surface area contributed by atoms with Gasteiger partial charge in [-0.2, -0.15) is 0 Å². The van der Waals surface area contributed by atoms with Gasteiger partial charge in [-0.3, -0.25) is 4.90 Å². The van der Waals surface area contributed by atoms with Crippen LogP contribution in [0.2, 0.25) is 10.0 Å². The molecule has 2 N–H and O–H groups in total.